The summed E-state index contributed by atoms with van der Waals surface area (Å²) in [6.45, 7) is 4.47. The van der Waals surface area contributed by atoms with Gasteiger partial charge in [0, 0.05) is 18.3 Å². The van der Waals surface area contributed by atoms with Gasteiger partial charge in [-0.3, -0.25) is 9.59 Å². The molecule has 28 heavy (non-hydrogen) atoms. The highest BCUT2D eigenvalue weighted by molar-refractivity contribution is 5.95. The van der Waals surface area contributed by atoms with Crippen LogP contribution in [-0.4, -0.2) is 33.1 Å². The van der Waals surface area contributed by atoms with Gasteiger partial charge < -0.3 is 11.1 Å². The summed E-state index contributed by atoms with van der Waals surface area (Å²) in [5.41, 5.74) is 8.05. The summed E-state index contributed by atoms with van der Waals surface area (Å²) in [6, 6.07) is 12.7. The molecule has 3 rings (SSSR count). The molecule has 0 aliphatic rings. The maximum atomic E-state index is 12.7. The molecule has 0 radical (unpaired) electrons. The number of pyridine rings is 1. The van der Waals surface area contributed by atoms with Gasteiger partial charge in [0.2, 0.25) is 5.91 Å². The topological polar surface area (TPSA) is 103 Å². The standard InChI is InChI=1S/C21H23N5O2/c1-14(2)19-17(13-25-26(19)18-8-3-4-10-23-18)21(28)24-11-9-15-6-5-7-16(12-15)20(22)27/h3-8,10,12-14H,9,11H2,1-2H3,(H2,22,27)(H,24,28). The molecule has 0 bridgehead atoms. The van der Waals surface area contributed by atoms with E-state index in [4.69, 9.17) is 5.73 Å². The minimum Gasteiger partial charge on any atom is -0.366 e. The van der Waals surface area contributed by atoms with Crippen LogP contribution in [0, 0.1) is 0 Å². The Morgan fingerprint density at radius 2 is 2.00 bits per heavy atom. The number of rotatable bonds is 7. The summed E-state index contributed by atoms with van der Waals surface area (Å²) in [6.07, 6.45) is 3.87. The van der Waals surface area contributed by atoms with Crippen molar-refractivity contribution < 1.29 is 9.59 Å². The Kier molecular flexibility index (Phi) is 5.84. The normalized spacial score (nSPS) is 10.8. The van der Waals surface area contributed by atoms with Crippen molar-refractivity contribution in [1.29, 1.82) is 0 Å². The molecule has 0 spiro atoms. The number of benzene rings is 1. The molecular formula is C21H23N5O2. The van der Waals surface area contributed by atoms with Crippen LogP contribution < -0.4 is 11.1 Å². The second kappa shape index (κ2) is 8.47. The molecule has 3 aromatic rings. The number of primary amides is 1. The van der Waals surface area contributed by atoms with Crippen LogP contribution in [0.15, 0.2) is 54.9 Å². The van der Waals surface area contributed by atoms with E-state index in [2.05, 4.69) is 15.4 Å². The molecule has 0 atom stereocenters. The molecular weight excluding hydrogens is 354 g/mol. The lowest BCUT2D eigenvalue weighted by molar-refractivity contribution is 0.0951. The van der Waals surface area contributed by atoms with Gasteiger partial charge in [0.05, 0.1) is 17.5 Å². The van der Waals surface area contributed by atoms with Crippen molar-refractivity contribution in [3.8, 4) is 5.82 Å². The van der Waals surface area contributed by atoms with Crippen molar-refractivity contribution in [3.05, 3.63) is 77.2 Å². The smallest absolute Gasteiger partial charge is 0.254 e. The van der Waals surface area contributed by atoms with E-state index < -0.39 is 5.91 Å². The van der Waals surface area contributed by atoms with Gasteiger partial charge in [0.25, 0.3) is 5.91 Å². The van der Waals surface area contributed by atoms with E-state index in [-0.39, 0.29) is 11.8 Å². The third-order valence-electron chi connectivity index (χ3n) is 4.37. The van der Waals surface area contributed by atoms with Gasteiger partial charge in [-0.15, -0.1) is 0 Å². The Hall–Kier alpha value is -3.48. The summed E-state index contributed by atoms with van der Waals surface area (Å²) >= 11 is 0. The predicted molar refractivity (Wildman–Crippen MR) is 106 cm³/mol. The van der Waals surface area contributed by atoms with E-state index in [1.165, 1.54) is 0 Å². The summed E-state index contributed by atoms with van der Waals surface area (Å²) in [4.78, 5) is 28.3. The molecule has 2 heterocycles. The lowest BCUT2D eigenvalue weighted by Crippen LogP contribution is -2.27. The van der Waals surface area contributed by atoms with Gasteiger partial charge in [0.15, 0.2) is 5.82 Å². The number of carbonyl (C=O) groups excluding carboxylic acids is 2. The van der Waals surface area contributed by atoms with E-state index in [0.717, 1.165) is 11.3 Å². The molecule has 0 saturated carbocycles. The van der Waals surface area contributed by atoms with E-state index in [0.29, 0.717) is 29.9 Å². The highest BCUT2D eigenvalue weighted by Gasteiger charge is 2.21. The van der Waals surface area contributed by atoms with Crippen LogP contribution in [0.25, 0.3) is 5.82 Å². The molecule has 2 amide bonds. The predicted octanol–water partition coefficient (Wildman–Crippen LogP) is 2.46. The van der Waals surface area contributed by atoms with Gasteiger partial charge in [-0.25, -0.2) is 9.67 Å². The van der Waals surface area contributed by atoms with Crippen LogP contribution in [-0.2, 0) is 6.42 Å². The van der Waals surface area contributed by atoms with Crippen LogP contribution in [0.3, 0.4) is 0 Å². The number of hydrogen-bond acceptors (Lipinski definition) is 4. The van der Waals surface area contributed by atoms with Crippen LogP contribution in [0.4, 0.5) is 0 Å². The first-order chi connectivity index (χ1) is 13.5. The third-order valence-corrected chi connectivity index (χ3v) is 4.37. The van der Waals surface area contributed by atoms with Crippen LogP contribution in [0.2, 0.25) is 0 Å². The molecule has 2 aromatic heterocycles. The first-order valence-electron chi connectivity index (χ1n) is 9.13. The SMILES string of the molecule is CC(C)c1c(C(=O)NCCc2cccc(C(N)=O)c2)cnn1-c1ccccn1. The van der Waals surface area contributed by atoms with E-state index in [9.17, 15) is 9.59 Å². The minimum atomic E-state index is -0.464. The number of amides is 2. The van der Waals surface area contributed by atoms with E-state index in [1.54, 1.807) is 35.3 Å². The average Bonchev–Trinajstić information content (AvgIpc) is 3.14. The molecule has 144 valence electrons. The molecule has 7 nitrogen and oxygen atoms in total. The van der Waals surface area contributed by atoms with Gasteiger partial charge in [-0.1, -0.05) is 32.0 Å². The Labute approximate surface area is 163 Å². The zero-order chi connectivity index (χ0) is 20.1. The molecule has 7 heteroatoms. The average molecular weight is 377 g/mol. The highest BCUT2D eigenvalue weighted by Crippen LogP contribution is 2.22. The Balaban J connectivity index is 1.72. The summed E-state index contributed by atoms with van der Waals surface area (Å²) in [5, 5.41) is 7.30. The largest absolute Gasteiger partial charge is 0.366 e. The molecule has 0 saturated heterocycles. The zero-order valence-corrected chi connectivity index (χ0v) is 15.9. The van der Waals surface area contributed by atoms with Gasteiger partial charge in [-0.05, 0) is 42.2 Å². The number of carbonyl (C=O) groups is 2. The summed E-state index contributed by atoms with van der Waals surface area (Å²) in [7, 11) is 0. The number of nitrogens with two attached hydrogens (primary N) is 1. The molecule has 0 unspecified atom stereocenters. The maximum Gasteiger partial charge on any atom is 0.254 e. The Morgan fingerprint density at radius 1 is 1.18 bits per heavy atom. The summed E-state index contributed by atoms with van der Waals surface area (Å²) < 4.78 is 1.70. The van der Waals surface area contributed by atoms with Gasteiger partial charge >= 0.3 is 0 Å². The van der Waals surface area contributed by atoms with Crippen molar-refractivity contribution in [2.24, 2.45) is 5.73 Å². The fourth-order valence-corrected chi connectivity index (χ4v) is 3.05. The van der Waals surface area contributed by atoms with Crippen molar-refractivity contribution in [1.82, 2.24) is 20.1 Å². The molecule has 0 aliphatic carbocycles. The molecule has 0 fully saturated rings. The molecule has 1 aromatic carbocycles. The lowest BCUT2D eigenvalue weighted by Gasteiger charge is -2.12. The van der Waals surface area contributed by atoms with Crippen molar-refractivity contribution in [2.75, 3.05) is 6.54 Å². The summed E-state index contributed by atoms with van der Waals surface area (Å²) in [5.74, 6) is 0.123. The molecule has 0 aliphatic heterocycles. The minimum absolute atomic E-state index is 0.0949. The van der Waals surface area contributed by atoms with Gasteiger partial charge in [0.1, 0.15) is 0 Å². The fourth-order valence-electron chi connectivity index (χ4n) is 3.05. The van der Waals surface area contributed by atoms with E-state index in [1.807, 2.05) is 38.1 Å². The second-order valence-corrected chi connectivity index (χ2v) is 6.77. The van der Waals surface area contributed by atoms with Crippen LogP contribution in [0.5, 0.6) is 0 Å². The quantitative estimate of drug-likeness (QED) is 0.660. The monoisotopic (exact) mass is 377 g/mol. The van der Waals surface area contributed by atoms with Crippen molar-refractivity contribution >= 4 is 11.8 Å². The Morgan fingerprint density at radius 3 is 2.68 bits per heavy atom. The number of nitrogens with zero attached hydrogens (tertiary/aromatic N) is 3. The number of nitrogens with one attached hydrogen (secondary N) is 1. The van der Waals surface area contributed by atoms with Crippen molar-refractivity contribution in [3.63, 3.8) is 0 Å². The fraction of sp³-hybridized carbons (Fsp3) is 0.238. The number of aromatic nitrogens is 3. The number of hydrogen-bond donors (Lipinski definition) is 2. The van der Waals surface area contributed by atoms with E-state index >= 15 is 0 Å². The Bertz CT molecular complexity index is 979. The van der Waals surface area contributed by atoms with Gasteiger partial charge in [-0.2, -0.15) is 5.10 Å². The zero-order valence-electron chi connectivity index (χ0n) is 15.9. The van der Waals surface area contributed by atoms with Crippen LogP contribution >= 0.6 is 0 Å². The third kappa shape index (κ3) is 4.25. The highest BCUT2D eigenvalue weighted by atomic mass is 16.2. The second-order valence-electron chi connectivity index (χ2n) is 6.77. The van der Waals surface area contributed by atoms with Crippen LogP contribution in [0.1, 0.15) is 51.7 Å². The maximum absolute atomic E-state index is 12.7. The van der Waals surface area contributed by atoms with Crippen molar-refractivity contribution in [2.45, 2.75) is 26.2 Å². The molecule has 3 N–H and O–H groups in total. The lowest BCUT2D eigenvalue weighted by atomic mass is 10.0. The first-order valence-corrected chi connectivity index (χ1v) is 9.13. The first kappa shape index (κ1) is 19.3.